The van der Waals surface area contributed by atoms with E-state index >= 15 is 0 Å². The van der Waals surface area contributed by atoms with Gasteiger partial charge in [-0.2, -0.15) is 8.42 Å². The predicted molar refractivity (Wildman–Crippen MR) is 71.6 cm³/mol. The molecule has 1 unspecified atom stereocenters. The minimum absolute atomic E-state index is 0.192. The van der Waals surface area contributed by atoms with E-state index in [0.29, 0.717) is 26.3 Å². The summed E-state index contributed by atoms with van der Waals surface area (Å²) in [7, 11) is -4.25. The Morgan fingerprint density at radius 2 is 2.14 bits per heavy atom. The number of hydrogen-bond acceptors (Lipinski definition) is 7. The molecule has 1 N–H and O–H groups in total. The molecule has 1 aliphatic rings. The van der Waals surface area contributed by atoms with Crippen LogP contribution in [0.1, 0.15) is 10.4 Å². The summed E-state index contributed by atoms with van der Waals surface area (Å²) in [5, 5.41) is 0. The maximum absolute atomic E-state index is 11.8. The fourth-order valence-corrected chi connectivity index (χ4v) is 2.67. The number of furan rings is 1. The van der Waals surface area contributed by atoms with Crippen molar-refractivity contribution in [3.63, 3.8) is 0 Å². The first-order valence-electron chi connectivity index (χ1n) is 6.42. The molecule has 1 aromatic heterocycles. The normalized spacial score (nSPS) is 18.3. The Morgan fingerprint density at radius 3 is 2.71 bits per heavy atom. The largest absolute Gasteiger partial charge is 0.472 e. The maximum atomic E-state index is 11.8. The molecule has 0 radical (unpaired) electrons. The first-order valence-corrected chi connectivity index (χ1v) is 8.03. The SMILES string of the molecule is O=C(OC(CN1CCOCC1)CS(=O)(=O)O)c1ccoc1. The molecule has 2 rings (SSSR count). The average Bonchev–Trinajstić information content (AvgIpc) is 2.91. The van der Waals surface area contributed by atoms with Gasteiger partial charge in [0.05, 0.1) is 25.0 Å². The van der Waals surface area contributed by atoms with Crippen LogP contribution in [0.15, 0.2) is 23.0 Å². The van der Waals surface area contributed by atoms with Crippen molar-refractivity contribution in [1.82, 2.24) is 4.90 Å². The molecule has 0 bridgehead atoms. The van der Waals surface area contributed by atoms with Crippen LogP contribution in [0.4, 0.5) is 0 Å². The minimum Gasteiger partial charge on any atom is -0.472 e. The third-order valence-electron chi connectivity index (χ3n) is 2.99. The van der Waals surface area contributed by atoms with Crippen molar-refractivity contribution in [1.29, 1.82) is 0 Å². The fraction of sp³-hybridized carbons (Fsp3) is 0.583. The number of carbonyl (C=O) groups excluding carboxylic acids is 1. The molecule has 0 amide bonds. The van der Waals surface area contributed by atoms with Crippen LogP contribution >= 0.6 is 0 Å². The number of esters is 1. The lowest BCUT2D eigenvalue weighted by Gasteiger charge is -2.29. The zero-order valence-corrected chi connectivity index (χ0v) is 12.1. The number of ether oxygens (including phenoxy) is 2. The average molecular weight is 319 g/mol. The molecular weight excluding hydrogens is 302 g/mol. The van der Waals surface area contributed by atoms with E-state index in [1.807, 2.05) is 4.90 Å². The van der Waals surface area contributed by atoms with Gasteiger partial charge in [0.1, 0.15) is 18.1 Å². The molecule has 0 aliphatic carbocycles. The summed E-state index contributed by atoms with van der Waals surface area (Å²) in [4.78, 5) is 13.8. The first-order chi connectivity index (χ1) is 9.94. The van der Waals surface area contributed by atoms with Gasteiger partial charge in [0.2, 0.25) is 0 Å². The Labute approximate surface area is 122 Å². The van der Waals surface area contributed by atoms with E-state index in [-0.39, 0.29) is 12.1 Å². The van der Waals surface area contributed by atoms with Gasteiger partial charge in [0, 0.05) is 19.6 Å². The lowest BCUT2D eigenvalue weighted by atomic mass is 10.3. The second kappa shape index (κ2) is 7.03. The maximum Gasteiger partial charge on any atom is 0.341 e. The predicted octanol–water partition coefficient (Wildman–Crippen LogP) is 0.0250. The highest BCUT2D eigenvalue weighted by Crippen LogP contribution is 2.09. The Bertz CT molecular complexity index is 548. The molecule has 9 heteroatoms. The Kier molecular flexibility index (Phi) is 5.34. The van der Waals surface area contributed by atoms with Gasteiger partial charge in [0.25, 0.3) is 10.1 Å². The van der Waals surface area contributed by atoms with Crippen molar-refractivity contribution in [3.8, 4) is 0 Å². The monoisotopic (exact) mass is 319 g/mol. The number of carbonyl (C=O) groups is 1. The molecular formula is C12H17NO7S. The van der Waals surface area contributed by atoms with Crippen LogP contribution in [0.3, 0.4) is 0 Å². The summed E-state index contributed by atoms with van der Waals surface area (Å²) in [5.74, 6) is -1.33. The number of morpholine rings is 1. The van der Waals surface area contributed by atoms with Gasteiger partial charge in [0.15, 0.2) is 0 Å². The van der Waals surface area contributed by atoms with Gasteiger partial charge in [-0.25, -0.2) is 4.79 Å². The second-order valence-electron chi connectivity index (χ2n) is 4.70. The second-order valence-corrected chi connectivity index (χ2v) is 6.20. The number of rotatable bonds is 6. The third-order valence-corrected chi connectivity index (χ3v) is 3.79. The molecule has 0 saturated carbocycles. The van der Waals surface area contributed by atoms with Crippen LogP contribution in [0.5, 0.6) is 0 Å². The van der Waals surface area contributed by atoms with Gasteiger partial charge >= 0.3 is 5.97 Å². The van der Waals surface area contributed by atoms with Crippen LogP contribution in [0.25, 0.3) is 0 Å². The molecule has 21 heavy (non-hydrogen) atoms. The highest BCUT2D eigenvalue weighted by Gasteiger charge is 2.25. The molecule has 1 aliphatic heterocycles. The molecule has 0 spiro atoms. The van der Waals surface area contributed by atoms with Crippen molar-refractivity contribution < 1.29 is 31.7 Å². The third kappa shape index (κ3) is 5.46. The first kappa shape index (κ1) is 16.0. The molecule has 8 nitrogen and oxygen atoms in total. The van der Waals surface area contributed by atoms with Gasteiger partial charge in [-0.15, -0.1) is 0 Å². The number of hydrogen-bond donors (Lipinski definition) is 1. The summed E-state index contributed by atoms with van der Waals surface area (Å²) >= 11 is 0. The highest BCUT2D eigenvalue weighted by atomic mass is 32.2. The Balaban J connectivity index is 1.99. The smallest absolute Gasteiger partial charge is 0.341 e. The zero-order valence-electron chi connectivity index (χ0n) is 11.3. The Morgan fingerprint density at radius 1 is 1.43 bits per heavy atom. The van der Waals surface area contributed by atoms with Crippen molar-refractivity contribution >= 4 is 16.1 Å². The van der Waals surface area contributed by atoms with Crippen molar-refractivity contribution in [3.05, 3.63) is 24.2 Å². The van der Waals surface area contributed by atoms with Crippen molar-refractivity contribution in [2.24, 2.45) is 0 Å². The zero-order chi connectivity index (χ0) is 15.3. The standard InChI is InChI=1S/C12H17NO7S/c14-12(10-1-4-19-8-10)20-11(9-21(15,16)17)7-13-2-5-18-6-3-13/h1,4,8,11H,2-3,5-7,9H2,(H,15,16,17). The van der Waals surface area contributed by atoms with Crippen LogP contribution < -0.4 is 0 Å². The summed E-state index contributed by atoms with van der Waals surface area (Å²) in [6.45, 7) is 2.52. The lowest BCUT2D eigenvalue weighted by Crippen LogP contribution is -2.44. The molecule has 118 valence electrons. The van der Waals surface area contributed by atoms with E-state index in [1.54, 1.807) is 0 Å². The van der Waals surface area contributed by atoms with Gasteiger partial charge in [-0.1, -0.05) is 0 Å². The van der Waals surface area contributed by atoms with Crippen molar-refractivity contribution in [2.45, 2.75) is 6.10 Å². The summed E-state index contributed by atoms with van der Waals surface area (Å²) in [5.41, 5.74) is 0.192. The summed E-state index contributed by atoms with van der Waals surface area (Å²) in [6, 6.07) is 1.42. The van der Waals surface area contributed by atoms with Crippen LogP contribution in [-0.2, 0) is 19.6 Å². The highest BCUT2D eigenvalue weighted by molar-refractivity contribution is 7.85. The fourth-order valence-electron chi connectivity index (χ4n) is 2.03. The van der Waals surface area contributed by atoms with E-state index in [0.717, 1.165) is 0 Å². The van der Waals surface area contributed by atoms with Crippen LogP contribution in [0, 0.1) is 0 Å². The quantitative estimate of drug-likeness (QED) is 0.578. The topological polar surface area (TPSA) is 106 Å². The van der Waals surface area contributed by atoms with E-state index in [9.17, 15) is 13.2 Å². The van der Waals surface area contributed by atoms with Gasteiger partial charge in [-0.05, 0) is 6.07 Å². The molecule has 1 fully saturated rings. The van der Waals surface area contributed by atoms with Gasteiger partial charge in [-0.3, -0.25) is 9.45 Å². The van der Waals surface area contributed by atoms with E-state index < -0.39 is 27.9 Å². The van der Waals surface area contributed by atoms with E-state index in [1.165, 1.54) is 18.6 Å². The van der Waals surface area contributed by atoms with Crippen LogP contribution in [0.2, 0.25) is 0 Å². The minimum atomic E-state index is -4.25. The molecule has 2 heterocycles. The molecule has 1 aromatic rings. The van der Waals surface area contributed by atoms with Crippen LogP contribution in [-0.4, -0.2) is 68.5 Å². The Hall–Kier alpha value is -1.42. The summed E-state index contributed by atoms with van der Waals surface area (Å²) < 4.78 is 46.2. The van der Waals surface area contributed by atoms with Crippen molar-refractivity contribution in [2.75, 3.05) is 38.6 Å². The summed E-state index contributed by atoms with van der Waals surface area (Å²) in [6.07, 6.45) is 1.57. The molecule has 1 atom stereocenters. The van der Waals surface area contributed by atoms with E-state index in [2.05, 4.69) is 0 Å². The molecule has 1 saturated heterocycles. The lowest BCUT2D eigenvalue weighted by molar-refractivity contribution is 0.000925. The van der Waals surface area contributed by atoms with Gasteiger partial charge < -0.3 is 13.9 Å². The molecule has 0 aromatic carbocycles. The number of nitrogens with zero attached hydrogens (tertiary/aromatic N) is 1. The van der Waals surface area contributed by atoms with E-state index in [4.69, 9.17) is 18.4 Å².